The summed E-state index contributed by atoms with van der Waals surface area (Å²) in [4.78, 5) is 0. The molecule has 0 spiro atoms. The third-order valence-corrected chi connectivity index (χ3v) is 1.66. The minimum absolute atomic E-state index is 0.823. The Morgan fingerprint density at radius 1 is 1.09 bits per heavy atom. The van der Waals surface area contributed by atoms with Crippen molar-refractivity contribution in [2.24, 2.45) is 0 Å². The summed E-state index contributed by atoms with van der Waals surface area (Å²) in [6.07, 6.45) is 3.95. The van der Waals surface area contributed by atoms with Gasteiger partial charge in [0.05, 0.1) is 0 Å². The minimum Gasteiger partial charge on any atom is -0.658 e. The number of benzene rings is 1. The van der Waals surface area contributed by atoms with Gasteiger partial charge in [-0.25, -0.2) is 0 Å². The maximum absolute atomic E-state index is 4.26. The van der Waals surface area contributed by atoms with Crippen molar-refractivity contribution < 1.29 is 0 Å². The van der Waals surface area contributed by atoms with E-state index in [1.807, 2.05) is 36.4 Å². The third-order valence-electron chi connectivity index (χ3n) is 1.66. The van der Waals surface area contributed by atoms with Gasteiger partial charge in [-0.15, -0.1) is 18.0 Å². The highest BCUT2D eigenvalue weighted by Crippen LogP contribution is 2.32. The van der Waals surface area contributed by atoms with Crippen LogP contribution in [0.4, 0.5) is 5.69 Å². The van der Waals surface area contributed by atoms with Crippen LogP contribution < -0.4 is 0 Å². The van der Waals surface area contributed by atoms with E-state index in [1.165, 1.54) is 5.56 Å². The summed E-state index contributed by atoms with van der Waals surface area (Å²) in [6, 6.07) is 8.02. The Bertz CT molecular complexity index is 323. The van der Waals surface area contributed by atoms with E-state index < -0.39 is 0 Å². The Hall–Kier alpha value is -1.50. The van der Waals surface area contributed by atoms with Crippen molar-refractivity contribution >= 4 is 11.8 Å². The summed E-state index contributed by atoms with van der Waals surface area (Å²) in [5.74, 6) is 0. The molecule has 1 aliphatic heterocycles. The fraction of sp³-hybridized carbons (Fsp3) is 0. The van der Waals surface area contributed by atoms with Crippen molar-refractivity contribution in [1.82, 2.24) is 0 Å². The number of fused-ring (bicyclic) bond motifs is 1. The molecule has 0 atom stereocenters. The number of rotatable bonds is 0. The predicted octanol–water partition coefficient (Wildman–Crippen LogP) is 3.23. The molecule has 0 aromatic heterocycles. The molecule has 0 unspecified atom stereocenters. The number of allylic oxidation sites excluding steroid dienone is 1. The second-order valence-corrected chi connectivity index (χ2v) is 2.50. The molecule has 0 bridgehead atoms. The van der Waals surface area contributed by atoms with Crippen LogP contribution in [0.1, 0.15) is 5.56 Å². The molecular weight excluding hydrogens is 134 g/mol. The quantitative estimate of drug-likeness (QED) is 0.528. The fourth-order valence-electron chi connectivity index (χ4n) is 1.11. The van der Waals surface area contributed by atoms with Gasteiger partial charge in [0.1, 0.15) is 0 Å². The number of para-hydroxylation sites is 1. The van der Waals surface area contributed by atoms with E-state index in [9.17, 15) is 0 Å². The first-order valence-electron chi connectivity index (χ1n) is 3.54. The van der Waals surface area contributed by atoms with Crippen molar-refractivity contribution in [2.75, 3.05) is 0 Å². The SMILES string of the molecule is C=C1C=Cc2ccccc2[N-]1. The standard InChI is InChI=1S/C10H8N/c1-8-6-7-9-4-2-3-5-10(9)11-8/h2-7H,1H2/q-1. The van der Waals surface area contributed by atoms with Crippen LogP contribution in [0.25, 0.3) is 11.4 Å². The molecule has 11 heavy (non-hydrogen) atoms. The van der Waals surface area contributed by atoms with Gasteiger partial charge in [-0.3, -0.25) is 0 Å². The summed E-state index contributed by atoms with van der Waals surface area (Å²) < 4.78 is 0. The molecule has 2 rings (SSSR count). The molecule has 1 nitrogen and oxygen atoms in total. The van der Waals surface area contributed by atoms with Gasteiger partial charge in [0.15, 0.2) is 0 Å². The third kappa shape index (κ3) is 1.05. The van der Waals surface area contributed by atoms with E-state index in [1.54, 1.807) is 0 Å². The molecule has 0 N–H and O–H groups in total. The summed E-state index contributed by atoms with van der Waals surface area (Å²) in [5.41, 5.74) is 3.00. The first-order chi connectivity index (χ1) is 5.36. The molecular formula is C10H8N-. The van der Waals surface area contributed by atoms with Gasteiger partial charge < -0.3 is 5.32 Å². The van der Waals surface area contributed by atoms with Crippen LogP contribution in [0.5, 0.6) is 0 Å². The Morgan fingerprint density at radius 3 is 2.82 bits per heavy atom. The van der Waals surface area contributed by atoms with E-state index >= 15 is 0 Å². The van der Waals surface area contributed by atoms with Crippen LogP contribution in [0.15, 0.2) is 42.6 Å². The molecule has 1 aliphatic rings. The van der Waals surface area contributed by atoms with Gasteiger partial charge in [-0.05, 0) is 5.56 Å². The van der Waals surface area contributed by atoms with Gasteiger partial charge in [0.25, 0.3) is 0 Å². The molecule has 0 fully saturated rings. The van der Waals surface area contributed by atoms with Crippen LogP contribution in [-0.2, 0) is 0 Å². The average molecular weight is 142 g/mol. The smallest absolute Gasteiger partial charge is 0.0404 e. The van der Waals surface area contributed by atoms with Gasteiger partial charge in [0.2, 0.25) is 0 Å². The summed E-state index contributed by atoms with van der Waals surface area (Å²) in [7, 11) is 0. The van der Waals surface area contributed by atoms with Crippen LogP contribution >= 0.6 is 0 Å². The molecule has 0 saturated carbocycles. The van der Waals surface area contributed by atoms with Crippen molar-refractivity contribution in [3.8, 4) is 0 Å². The van der Waals surface area contributed by atoms with Crippen LogP contribution in [0.2, 0.25) is 0 Å². The predicted molar refractivity (Wildman–Crippen MR) is 47.6 cm³/mol. The van der Waals surface area contributed by atoms with Crippen LogP contribution in [0.3, 0.4) is 0 Å². The zero-order valence-corrected chi connectivity index (χ0v) is 6.12. The van der Waals surface area contributed by atoms with Crippen LogP contribution in [-0.4, -0.2) is 0 Å². The van der Waals surface area contributed by atoms with E-state index in [0.717, 1.165) is 11.4 Å². The highest BCUT2D eigenvalue weighted by Gasteiger charge is 1.92. The lowest BCUT2D eigenvalue weighted by Gasteiger charge is -2.28. The Kier molecular flexibility index (Phi) is 1.29. The minimum atomic E-state index is 0.823. The monoisotopic (exact) mass is 142 g/mol. The van der Waals surface area contributed by atoms with E-state index in [0.29, 0.717) is 0 Å². The Labute approximate surface area is 66.1 Å². The maximum Gasteiger partial charge on any atom is -0.0404 e. The topological polar surface area (TPSA) is 14.1 Å². The zero-order chi connectivity index (χ0) is 7.68. The van der Waals surface area contributed by atoms with Crippen molar-refractivity contribution in [3.05, 3.63) is 53.5 Å². The molecule has 0 saturated heterocycles. The van der Waals surface area contributed by atoms with E-state index in [4.69, 9.17) is 0 Å². The van der Waals surface area contributed by atoms with E-state index in [-0.39, 0.29) is 0 Å². The number of hydrogen-bond acceptors (Lipinski definition) is 0. The lowest BCUT2D eigenvalue weighted by Crippen LogP contribution is -1.82. The fourth-order valence-corrected chi connectivity index (χ4v) is 1.11. The molecule has 54 valence electrons. The van der Waals surface area contributed by atoms with Gasteiger partial charge in [-0.1, -0.05) is 36.4 Å². The lowest BCUT2D eigenvalue weighted by molar-refractivity contribution is 1.54. The molecule has 1 heteroatoms. The van der Waals surface area contributed by atoms with Crippen LogP contribution in [0, 0.1) is 0 Å². The summed E-state index contributed by atoms with van der Waals surface area (Å²) in [6.45, 7) is 3.76. The second-order valence-electron chi connectivity index (χ2n) is 2.50. The first-order valence-corrected chi connectivity index (χ1v) is 3.54. The largest absolute Gasteiger partial charge is 0.658 e. The molecule has 1 aromatic carbocycles. The number of hydrogen-bond donors (Lipinski definition) is 0. The van der Waals surface area contributed by atoms with Crippen molar-refractivity contribution in [1.29, 1.82) is 0 Å². The maximum atomic E-state index is 4.26. The van der Waals surface area contributed by atoms with E-state index in [2.05, 4.69) is 11.9 Å². The highest BCUT2D eigenvalue weighted by atomic mass is 14.9. The Balaban J connectivity index is 2.54. The highest BCUT2D eigenvalue weighted by molar-refractivity contribution is 5.77. The molecule has 1 aromatic rings. The van der Waals surface area contributed by atoms with Gasteiger partial charge >= 0.3 is 0 Å². The molecule has 0 radical (unpaired) electrons. The summed E-state index contributed by atoms with van der Waals surface area (Å²) in [5, 5.41) is 4.26. The summed E-state index contributed by atoms with van der Waals surface area (Å²) >= 11 is 0. The zero-order valence-electron chi connectivity index (χ0n) is 6.12. The van der Waals surface area contributed by atoms with Gasteiger partial charge in [-0.2, -0.15) is 0 Å². The molecule has 0 aliphatic carbocycles. The average Bonchev–Trinajstić information content (AvgIpc) is 2.04. The number of nitrogens with zero attached hydrogens (tertiary/aromatic N) is 1. The second kappa shape index (κ2) is 2.27. The first kappa shape index (κ1) is 6.23. The normalized spacial score (nSPS) is 14.0. The Morgan fingerprint density at radius 2 is 1.91 bits per heavy atom. The van der Waals surface area contributed by atoms with Crippen molar-refractivity contribution in [2.45, 2.75) is 0 Å². The molecule has 1 heterocycles. The van der Waals surface area contributed by atoms with Crippen molar-refractivity contribution in [3.63, 3.8) is 0 Å². The lowest BCUT2D eigenvalue weighted by atomic mass is 10.1. The van der Waals surface area contributed by atoms with Gasteiger partial charge in [0, 0.05) is 0 Å². The molecule has 0 amide bonds.